The molecule has 0 aliphatic heterocycles. The number of carbonyl (C=O) groups is 1. The molecule has 0 aliphatic rings. The first-order valence-corrected chi connectivity index (χ1v) is 11.1. The number of fused-ring (bicyclic) bond motifs is 1. The Morgan fingerprint density at radius 3 is 2.71 bits per heavy atom. The number of ether oxygens (including phenoxy) is 1. The summed E-state index contributed by atoms with van der Waals surface area (Å²) in [6.45, 7) is 4.73. The lowest BCUT2D eigenvalue weighted by Gasteiger charge is -2.22. The number of carbonyl (C=O) groups excluding carboxylic acids is 1. The minimum atomic E-state index is -0.0142. The molecular weight excluding hydrogens is 410 g/mol. The normalized spacial score (nSPS) is 10.9. The van der Waals surface area contributed by atoms with Crippen LogP contribution in [-0.4, -0.2) is 28.4 Å². The van der Waals surface area contributed by atoms with Gasteiger partial charge in [0.25, 0.3) is 11.1 Å². The van der Waals surface area contributed by atoms with Gasteiger partial charge in [-0.1, -0.05) is 60.3 Å². The van der Waals surface area contributed by atoms with Crippen molar-refractivity contribution in [2.24, 2.45) is 0 Å². The Kier molecular flexibility index (Phi) is 6.52. The van der Waals surface area contributed by atoms with E-state index in [-0.39, 0.29) is 18.3 Å². The number of aryl methyl sites for hydroxylation is 1. The van der Waals surface area contributed by atoms with E-state index in [4.69, 9.17) is 9.15 Å². The van der Waals surface area contributed by atoms with Crippen molar-refractivity contribution < 1.29 is 13.9 Å². The highest BCUT2D eigenvalue weighted by Crippen LogP contribution is 2.28. The monoisotopic (exact) mass is 433 g/mol. The molecule has 0 aliphatic carbocycles. The van der Waals surface area contributed by atoms with E-state index in [1.54, 1.807) is 4.90 Å². The van der Waals surface area contributed by atoms with E-state index in [9.17, 15) is 4.79 Å². The summed E-state index contributed by atoms with van der Waals surface area (Å²) in [5.74, 6) is 1.31. The number of anilines is 1. The molecule has 31 heavy (non-hydrogen) atoms. The van der Waals surface area contributed by atoms with E-state index in [1.165, 1.54) is 11.8 Å². The van der Waals surface area contributed by atoms with Crippen LogP contribution in [0, 0.1) is 6.92 Å². The molecule has 0 bridgehead atoms. The molecule has 7 heteroatoms. The molecule has 0 saturated carbocycles. The van der Waals surface area contributed by atoms with Crippen LogP contribution < -0.4 is 9.64 Å². The molecule has 1 aromatic heterocycles. The summed E-state index contributed by atoms with van der Waals surface area (Å²) in [6.07, 6.45) is 0. The van der Waals surface area contributed by atoms with Crippen molar-refractivity contribution in [3.63, 3.8) is 0 Å². The first kappa shape index (κ1) is 20.9. The molecule has 1 heterocycles. The highest BCUT2D eigenvalue weighted by atomic mass is 32.2. The second kappa shape index (κ2) is 9.66. The molecule has 0 fully saturated rings. The van der Waals surface area contributed by atoms with Gasteiger partial charge in [-0.25, -0.2) is 0 Å². The fraction of sp³-hybridized carbons (Fsp3) is 0.208. The first-order chi connectivity index (χ1) is 15.1. The number of amides is 1. The summed E-state index contributed by atoms with van der Waals surface area (Å²) in [6, 6.07) is 21.8. The van der Waals surface area contributed by atoms with E-state index in [0.717, 1.165) is 27.8 Å². The predicted octanol–water partition coefficient (Wildman–Crippen LogP) is 5.26. The molecule has 1 amide bonds. The molecule has 0 radical (unpaired) electrons. The molecule has 0 N–H and O–H groups in total. The first-order valence-electron chi connectivity index (χ1n) is 10.1. The van der Waals surface area contributed by atoms with Crippen LogP contribution in [-0.2, 0) is 11.4 Å². The van der Waals surface area contributed by atoms with Crippen LogP contribution in [0.4, 0.5) is 5.69 Å². The van der Waals surface area contributed by atoms with Gasteiger partial charge in [0.05, 0.1) is 11.4 Å². The maximum atomic E-state index is 12.9. The zero-order valence-electron chi connectivity index (χ0n) is 17.4. The predicted molar refractivity (Wildman–Crippen MR) is 123 cm³/mol. The number of thioether (sulfide) groups is 1. The number of rotatable bonds is 8. The zero-order chi connectivity index (χ0) is 21.6. The van der Waals surface area contributed by atoms with Crippen LogP contribution >= 0.6 is 11.8 Å². The van der Waals surface area contributed by atoms with Crippen molar-refractivity contribution in [2.75, 3.05) is 17.2 Å². The molecule has 3 aromatic carbocycles. The van der Waals surface area contributed by atoms with Crippen LogP contribution in [0.1, 0.15) is 18.4 Å². The average molecular weight is 434 g/mol. The number of nitrogens with zero attached hydrogens (tertiary/aromatic N) is 3. The summed E-state index contributed by atoms with van der Waals surface area (Å²) in [4.78, 5) is 14.7. The van der Waals surface area contributed by atoms with Crippen molar-refractivity contribution in [1.82, 2.24) is 10.2 Å². The smallest absolute Gasteiger partial charge is 0.277 e. The zero-order valence-corrected chi connectivity index (χ0v) is 18.3. The summed E-state index contributed by atoms with van der Waals surface area (Å²) in [5.41, 5.74) is 2.02. The van der Waals surface area contributed by atoms with Gasteiger partial charge < -0.3 is 14.1 Å². The highest BCUT2D eigenvalue weighted by Gasteiger charge is 2.18. The van der Waals surface area contributed by atoms with Gasteiger partial charge in [-0.15, -0.1) is 10.2 Å². The van der Waals surface area contributed by atoms with Gasteiger partial charge in [-0.2, -0.15) is 0 Å². The summed E-state index contributed by atoms with van der Waals surface area (Å²) in [5, 5.41) is 10.5. The van der Waals surface area contributed by atoms with Gasteiger partial charge in [0.2, 0.25) is 5.91 Å². The number of aromatic nitrogens is 2. The highest BCUT2D eigenvalue weighted by molar-refractivity contribution is 7.99. The molecule has 4 aromatic rings. The summed E-state index contributed by atoms with van der Waals surface area (Å²) in [7, 11) is 0. The van der Waals surface area contributed by atoms with Crippen LogP contribution in [0.5, 0.6) is 5.75 Å². The Hall–Kier alpha value is -3.32. The molecule has 6 nitrogen and oxygen atoms in total. The Labute approximate surface area is 185 Å². The molecule has 0 unspecified atom stereocenters. The van der Waals surface area contributed by atoms with Crippen molar-refractivity contribution in [3.8, 4) is 5.75 Å². The van der Waals surface area contributed by atoms with Gasteiger partial charge in [-0.3, -0.25) is 4.79 Å². The SMILES string of the molecule is CCN(C(=O)CSc1nnc(COc2cccc(C)c2)o1)c1cccc2ccccc12. The number of benzene rings is 3. The summed E-state index contributed by atoms with van der Waals surface area (Å²) >= 11 is 1.23. The van der Waals surface area contributed by atoms with E-state index in [2.05, 4.69) is 10.2 Å². The lowest BCUT2D eigenvalue weighted by molar-refractivity contribution is -0.116. The topological polar surface area (TPSA) is 68.5 Å². The minimum Gasteiger partial charge on any atom is -0.484 e. The van der Waals surface area contributed by atoms with Crippen molar-refractivity contribution in [3.05, 3.63) is 78.2 Å². The van der Waals surface area contributed by atoms with Gasteiger partial charge in [0.15, 0.2) is 6.61 Å². The van der Waals surface area contributed by atoms with Gasteiger partial charge in [-0.05, 0) is 43.0 Å². The van der Waals surface area contributed by atoms with Crippen LogP contribution in [0.2, 0.25) is 0 Å². The number of hydrogen-bond acceptors (Lipinski definition) is 6. The second-order valence-corrected chi connectivity index (χ2v) is 7.92. The third kappa shape index (κ3) is 5.06. The standard InChI is InChI=1S/C24H23N3O3S/c1-3-27(21-13-7-10-18-9-4-5-12-20(18)21)23(28)16-31-24-26-25-22(30-24)15-29-19-11-6-8-17(2)14-19/h4-14H,3,15-16H2,1-2H3. The van der Waals surface area contributed by atoms with Crippen molar-refractivity contribution >= 4 is 34.1 Å². The lowest BCUT2D eigenvalue weighted by atomic mass is 10.1. The third-order valence-corrected chi connectivity index (χ3v) is 5.60. The fourth-order valence-corrected chi connectivity index (χ4v) is 3.99. The van der Waals surface area contributed by atoms with E-state index in [1.807, 2.05) is 80.6 Å². The van der Waals surface area contributed by atoms with Gasteiger partial charge in [0, 0.05) is 11.9 Å². The van der Waals surface area contributed by atoms with Crippen molar-refractivity contribution in [2.45, 2.75) is 25.7 Å². The quantitative estimate of drug-likeness (QED) is 0.353. The maximum Gasteiger partial charge on any atom is 0.277 e. The van der Waals surface area contributed by atoms with Crippen LogP contribution in [0.25, 0.3) is 10.8 Å². The van der Waals surface area contributed by atoms with E-state index < -0.39 is 0 Å². The van der Waals surface area contributed by atoms with Crippen LogP contribution in [0.15, 0.2) is 76.4 Å². The molecule has 0 saturated heterocycles. The fourth-order valence-electron chi connectivity index (χ4n) is 3.33. The molecule has 4 rings (SSSR count). The van der Waals surface area contributed by atoms with Crippen LogP contribution in [0.3, 0.4) is 0 Å². The Morgan fingerprint density at radius 1 is 1.06 bits per heavy atom. The molecule has 158 valence electrons. The molecular formula is C24H23N3O3S. The maximum absolute atomic E-state index is 12.9. The average Bonchev–Trinajstić information content (AvgIpc) is 3.25. The largest absolute Gasteiger partial charge is 0.484 e. The van der Waals surface area contributed by atoms with Gasteiger partial charge in [0.1, 0.15) is 5.75 Å². The molecule has 0 spiro atoms. The Bertz CT molecular complexity index is 1190. The third-order valence-electron chi connectivity index (χ3n) is 4.79. The molecule has 0 atom stereocenters. The van der Waals surface area contributed by atoms with Gasteiger partial charge >= 0.3 is 0 Å². The van der Waals surface area contributed by atoms with E-state index in [0.29, 0.717) is 17.7 Å². The minimum absolute atomic E-state index is 0.0142. The van der Waals surface area contributed by atoms with Crippen molar-refractivity contribution in [1.29, 1.82) is 0 Å². The summed E-state index contributed by atoms with van der Waals surface area (Å²) < 4.78 is 11.3. The Balaban J connectivity index is 1.38. The Morgan fingerprint density at radius 2 is 1.87 bits per heavy atom. The number of hydrogen-bond donors (Lipinski definition) is 0. The second-order valence-electron chi connectivity index (χ2n) is 6.99. The van der Waals surface area contributed by atoms with E-state index >= 15 is 0 Å². The lowest BCUT2D eigenvalue weighted by Crippen LogP contribution is -2.32.